The number of hydrogen-bond acceptors (Lipinski definition) is 3. The van der Waals surface area contributed by atoms with Crippen LogP contribution in [-0.4, -0.2) is 34.9 Å². The maximum atomic E-state index is 12.5. The van der Waals surface area contributed by atoms with Gasteiger partial charge in [0.25, 0.3) is 0 Å². The molecule has 0 rings (SSSR count). The van der Waals surface area contributed by atoms with Crippen molar-refractivity contribution in [3.63, 3.8) is 0 Å². The van der Waals surface area contributed by atoms with Gasteiger partial charge in [0, 0.05) is 6.42 Å². The summed E-state index contributed by atoms with van der Waals surface area (Å²) in [4.78, 5) is 12.5. The molecule has 2 unspecified atom stereocenters. The second-order valence-corrected chi connectivity index (χ2v) is 21.8. The van der Waals surface area contributed by atoms with Crippen LogP contribution in [0.5, 0.6) is 0 Å². The van der Waals surface area contributed by atoms with Gasteiger partial charge in [-0.15, -0.1) is 0 Å². The molecule has 0 saturated carbocycles. The van der Waals surface area contributed by atoms with Crippen molar-refractivity contribution in [2.45, 2.75) is 321 Å². The molecule has 0 aliphatic carbocycles. The molecule has 0 fully saturated rings. The van der Waals surface area contributed by atoms with Crippen LogP contribution < -0.4 is 5.32 Å². The lowest BCUT2D eigenvalue weighted by Gasteiger charge is -2.22. The average Bonchev–Trinajstić information content (AvgIpc) is 3.42. The van der Waals surface area contributed by atoms with Gasteiger partial charge < -0.3 is 15.5 Å². The lowest BCUT2D eigenvalue weighted by atomic mass is 10.0. The zero-order valence-corrected chi connectivity index (χ0v) is 50.2. The molecule has 0 aliphatic rings. The van der Waals surface area contributed by atoms with Gasteiger partial charge in [-0.3, -0.25) is 4.79 Å². The third-order valence-corrected chi connectivity index (χ3v) is 14.5. The van der Waals surface area contributed by atoms with E-state index in [0.717, 1.165) is 109 Å². The number of hydrogen-bond donors (Lipinski definition) is 3. The van der Waals surface area contributed by atoms with Crippen LogP contribution in [0.25, 0.3) is 0 Å². The van der Waals surface area contributed by atoms with Gasteiger partial charge >= 0.3 is 0 Å². The minimum atomic E-state index is -0.682. The molecule has 0 aromatic heterocycles. The summed E-state index contributed by atoms with van der Waals surface area (Å²) < 4.78 is 0. The SMILES string of the molecule is CC/C=C\C/C=C\C/C=C\C/C=C\C/C=C\C/C=C\C/C=C\C/C=C\C/C=C\C/C=C\CCCCCCC(=O)NC(CO)C(O)CCCCCCCCCCCCCCCCCCCCCCCCCCCCCCC. The summed E-state index contributed by atoms with van der Waals surface area (Å²) in [7, 11) is 0. The molecule has 0 radical (unpaired) electrons. The number of aliphatic hydroxyl groups is 2. The highest BCUT2D eigenvalue weighted by Gasteiger charge is 2.20. The van der Waals surface area contributed by atoms with Crippen molar-refractivity contribution in [2.75, 3.05) is 6.61 Å². The molecule has 0 aliphatic heterocycles. The minimum Gasteiger partial charge on any atom is -0.394 e. The largest absolute Gasteiger partial charge is 0.394 e. The lowest BCUT2D eigenvalue weighted by Crippen LogP contribution is -2.45. The topological polar surface area (TPSA) is 69.6 Å². The summed E-state index contributed by atoms with van der Waals surface area (Å²) in [6.07, 6.45) is 101. The van der Waals surface area contributed by atoms with E-state index in [2.05, 4.69) is 141 Å². The number of allylic oxidation sites excluding steroid dienone is 20. The van der Waals surface area contributed by atoms with Crippen LogP contribution in [0.15, 0.2) is 122 Å². The number of amides is 1. The van der Waals surface area contributed by atoms with Crippen molar-refractivity contribution in [1.82, 2.24) is 5.32 Å². The van der Waals surface area contributed by atoms with Gasteiger partial charge in [-0.2, -0.15) is 0 Å². The summed E-state index contributed by atoms with van der Waals surface area (Å²) in [6, 6.07) is -0.561. The van der Waals surface area contributed by atoms with Gasteiger partial charge in [0.2, 0.25) is 5.91 Å². The molecule has 4 nitrogen and oxygen atoms in total. The molecular formula is C72H125NO3. The fourth-order valence-corrected chi connectivity index (χ4v) is 9.57. The zero-order chi connectivity index (χ0) is 54.8. The fourth-order valence-electron chi connectivity index (χ4n) is 9.57. The summed E-state index contributed by atoms with van der Waals surface area (Å²) in [5, 5.41) is 23.4. The first-order chi connectivity index (χ1) is 37.7. The van der Waals surface area contributed by atoms with Gasteiger partial charge in [-0.05, 0) is 89.9 Å². The quantitative estimate of drug-likeness (QED) is 0.0420. The summed E-state index contributed by atoms with van der Waals surface area (Å²) in [5.74, 6) is -0.0569. The van der Waals surface area contributed by atoms with E-state index in [-0.39, 0.29) is 12.5 Å². The maximum absolute atomic E-state index is 12.5. The van der Waals surface area contributed by atoms with Crippen LogP contribution >= 0.6 is 0 Å². The molecule has 0 aromatic carbocycles. The number of rotatable bonds is 59. The predicted molar refractivity (Wildman–Crippen MR) is 340 cm³/mol. The molecule has 0 heterocycles. The van der Waals surface area contributed by atoms with E-state index in [9.17, 15) is 15.0 Å². The van der Waals surface area contributed by atoms with Crippen molar-refractivity contribution in [3.8, 4) is 0 Å². The van der Waals surface area contributed by atoms with Gasteiger partial charge in [0.15, 0.2) is 0 Å². The Bertz CT molecular complexity index is 1470. The number of aliphatic hydroxyl groups excluding tert-OH is 2. The summed E-state index contributed by atoms with van der Waals surface area (Å²) in [6.45, 7) is 4.25. The molecule has 0 saturated heterocycles. The Morgan fingerprint density at radius 2 is 0.579 bits per heavy atom. The second kappa shape index (κ2) is 66.1. The van der Waals surface area contributed by atoms with Crippen molar-refractivity contribution in [2.24, 2.45) is 0 Å². The van der Waals surface area contributed by atoms with Crippen molar-refractivity contribution in [3.05, 3.63) is 122 Å². The van der Waals surface area contributed by atoms with E-state index in [4.69, 9.17) is 0 Å². The molecule has 3 N–H and O–H groups in total. The van der Waals surface area contributed by atoms with Crippen LogP contribution in [0.4, 0.5) is 0 Å². The first-order valence-corrected chi connectivity index (χ1v) is 32.7. The Kier molecular flexibility index (Phi) is 63.3. The first-order valence-electron chi connectivity index (χ1n) is 32.7. The average molecular weight is 1050 g/mol. The first kappa shape index (κ1) is 72.8. The Balaban J connectivity index is 3.58. The highest BCUT2D eigenvalue weighted by molar-refractivity contribution is 5.76. The van der Waals surface area contributed by atoms with E-state index in [1.54, 1.807) is 0 Å². The zero-order valence-electron chi connectivity index (χ0n) is 50.2. The van der Waals surface area contributed by atoms with Crippen molar-refractivity contribution >= 4 is 5.91 Å². The molecule has 4 heteroatoms. The van der Waals surface area contributed by atoms with Gasteiger partial charge in [0.1, 0.15) is 0 Å². The van der Waals surface area contributed by atoms with E-state index in [1.807, 2.05) is 0 Å². The molecular weight excluding hydrogens is 927 g/mol. The van der Waals surface area contributed by atoms with Gasteiger partial charge in [-0.25, -0.2) is 0 Å². The highest BCUT2D eigenvalue weighted by Crippen LogP contribution is 2.18. The third kappa shape index (κ3) is 61.6. The van der Waals surface area contributed by atoms with Crippen molar-refractivity contribution in [1.29, 1.82) is 0 Å². The van der Waals surface area contributed by atoms with Crippen molar-refractivity contribution < 1.29 is 15.0 Å². The second-order valence-electron chi connectivity index (χ2n) is 21.8. The van der Waals surface area contributed by atoms with E-state index >= 15 is 0 Å². The Labute approximate surface area is 473 Å². The smallest absolute Gasteiger partial charge is 0.220 e. The Hall–Kier alpha value is -3.21. The third-order valence-electron chi connectivity index (χ3n) is 14.5. The summed E-state index contributed by atoms with van der Waals surface area (Å²) >= 11 is 0. The van der Waals surface area contributed by atoms with Gasteiger partial charge in [-0.1, -0.05) is 334 Å². The highest BCUT2D eigenvalue weighted by atomic mass is 16.3. The van der Waals surface area contributed by atoms with Crippen LogP contribution in [0, 0.1) is 0 Å². The number of unbranched alkanes of at least 4 members (excludes halogenated alkanes) is 32. The van der Waals surface area contributed by atoms with Crippen LogP contribution in [0.3, 0.4) is 0 Å². The fraction of sp³-hybridized carbons (Fsp3) is 0.708. The van der Waals surface area contributed by atoms with E-state index in [0.29, 0.717) is 12.8 Å². The molecule has 0 spiro atoms. The molecule has 0 aromatic rings. The van der Waals surface area contributed by atoms with Gasteiger partial charge in [0.05, 0.1) is 18.8 Å². The molecule has 1 amide bonds. The van der Waals surface area contributed by atoms with Crippen LogP contribution in [-0.2, 0) is 4.79 Å². The Morgan fingerprint density at radius 3 is 0.868 bits per heavy atom. The van der Waals surface area contributed by atoms with E-state index in [1.165, 1.54) is 173 Å². The van der Waals surface area contributed by atoms with Crippen LogP contribution in [0.2, 0.25) is 0 Å². The number of carbonyl (C=O) groups excluding carboxylic acids is 1. The molecule has 0 bridgehead atoms. The van der Waals surface area contributed by atoms with Crippen LogP contribution in [0.1, 0.15) is 309 Å². The normalized spacial score (nSPS) is 13.6. The molecule has 2 atom stereocenters. The number of carbonyl (C=O) groups is 1. The monoisotopic (exact) mass is 1050 g/mol. The predicted octanol–water partition coefficient (Wildman–Crippen LogP) is 22.4. The standard InChI is InChI=1S/C72H125NO3/c1-3-5-7-9-11-13-15-17-19-21-23-25-27-29-31-33-34-35-36-37-38-40-42-44-46-48-50-52-54-56-58-60-62-64-66-68-72(76)73-70(69-74)71(75)67-65-63-61-59-57-55-53-51-49-47-45-43-41-39-32-30-28-26-24-22-20-18-16-14-12-10-8-6-4-2/h5,7,11,13,17,19,23,25,29,31,34-35,37-38,42,44,48,50,54,56,70-71,74-75H,3-4,6,8-10,12,14-16,18,20-22,24,26-28,30,32-33,36,39-41,43,45-47,49,51-53,55,57-69H2,1-2H3,(H,73,76)/b7-5-,13-11-,19-17-,25-23-,31-29-,35-34-,38-37-,44-42-,50-48-,56-54-. The molecule has 76 heavy (non-hydrogen) atoms. The minimum absolute atomic E-state index is 0.0569. The molecule has 436 valence electrons. The number of nitrogens with one attached hydrogen (secondary N) is 1. The lowest BCUT2D eigenvalue weighted by molar-refractivity contribution is -0.123. The maximum Gasteiger partial charge on any atom is 0.220 e. The van der Waals surface area contributed by atoms with E-state index < -0.39 is 12.1 Å². The summed E-state index contributed by atoms with van der Waals surface area (Å²) in [5.41, 5.74) is 0. The Morgan fingerprint density at radius 1 is 0.329 bits per heavy atom.